The van der Waals surface area contributed by atoms with Crippen molar-refractivity contribution in [2.45, 2.75) is 19.3 Å². The standard InChI is InChI=1S/C15H13NO2/c1-11(17)18-15-8-6-14(7-9-15)13-4-2-12(10-16)3-5-13/h2-4,6-9,13H,5H2,1H3. The molecule has 1 aromatic rings. The number of rotatable bonds is 2. The summed E-state index contributed by atoms with van der Waals surface area (Å²) in [6.45, 7) is 1.38. The maximum Gasteiger partial charge on any atom is 0.308 e. The molecule has 1 aliphatic rings. The molecule has 1 atom stereocenters. The Bertz CT molecular complexity index is 547. The summed E-state index contributed by atoms with van der Waals surface area (Å²) in [7, 11) is 0. The number of carbonyl (C=O) groups is 1. The van der Waals surface area contributed by atoms with E-state index in [1.54, 1.807) is 12.1 Å². The van der Waals surface area contributed by atoms with Crippen molar-refractivity contribution >= 4 is 5.97 Å². The van der Waals surface area contributed by atoms with Crippen LogP contribution in [0.2, 0.25) is 0 Å². The van der Waals surface area contributed by atoms with Crippen molar-refractivity contribution in [3.63, 3.8) is 0 Å². The Balaban J connectivity index is 2.08. The molecule has 1 aliphatic carbocycles. The number of ether oxygens (including phenoxy) is 1. The molecule has 0 radical (unpaired) electrons. The van der Waals surface area contributed by atoms with Crippen LogP contribution < -0.4 is 4.74 Å². The van der Waals surface area contributed by atoms with Gasteiger partial charge in [-0.3, -0.25) is 4.79 Å². The number of carbonyl (C=O) groups excluding carboxylic acids is 1. The van der Waals surface area contributed by atoms with E-state index < -0.39 is 0 Å². The molecule has 0 aliphatic heterocycles. The zero-order valence-corrected chi connectivity index (χ0v) is 10.1. The van der Waals surface area contributed by atoms with E-state index in [0.717, 1.165) is 12.0 Å². The van der Waals surface area contributed by atoms with Crippen molar-refractivity contribution < 1.29 is 9.53 Å². The van der Waals surface area contributed by atoms with Gasteiger partial charge in [0.05, 0.1) is 6.07 Å². The first-order chi connectivity index (χ1) is 8.69. The van der Waals surface area contributed by atoms with E-state index in [0.29, 0.717) is 11.3 Å². The third-order valence-corrected chi connectivity index (χ3v) is 2.80. The molecule has 0 fully saturated rings. The lowest BCUT2D eigenvalue weighted by molar-refractivity contribution is -0.131. The molecule has 2 rings (SSSR count). The van der Waals surface area contributed by atoms with Crippen molar-refractivity contribution in [2.24, 2.45) is 0 Å². The van der Waals surface area contributed by atoms with Crippen LogP contribution in [0.4, 0.5) is 0 Å². The molecule has 18 heavy (non-hydrogen) atoms. The predicted molar refractivity (Wildman–Crippen MR) is 67.9 cm³/mol. The molecule has 0 aromatic heterocycles. The first kappa shape index (κ1) is 12.1. The van der Waals surface area contributed by atoms with Crippen molar-refractivity contribution in [3.8, 4) is 11.8 Å². The van der Waals surface area contributed by atoms with E-state index in [1.807, 2.05) is 30.4 Å². The van der Waals surface area contributed by atoms with Gasteiger partial charge in [-0.1, -0.05) is 24.3 Å². The van der Waals surface area contributed by atoms with Gasteiger partial charge in [-0.2, -0.15) is 5.26 Å². The van der Waals surface area contributed by atoms with Crippen LogP contribution in [0.1, 0.15) is 24.8 Å². The third-order valence-electron chi connectivity index (χ3n) is 2.80. The highest BCUT2D eigenvalue weighted by molar-refractivity contribution is 5.69. The van der Waals surface area contributed by atoms with Crippen LogP contribution in [0.15, 0.2) is 48.1 Å². The number of nitrogens with zero attached hydrogens (tertiary/aromatic N) is 1. The number of esters is 1. The Labute approximate surface area is 106 Å². The van der Waals surface area contributed by atoms with E-state index in [1.165, 1.54) is 6.92 Å². The summed E-state index contributed by atoms with van der Waals surface area (Å²) < 4.78 is 4.98. The Morgan fingerprint density at radius 3 is 2.61 bits per heavy atom. The summed E-state index contributed by atoms with van der Waals surface area (Å²) in [6, 6.07) is 9.58. The SMILES string of the molecule is CC(=O)Oc1ccc(C2C=CC(C#N)=CC2)cc1. The second-order valence-electron chi connectivity index (χ2n) is 4.14. The van der Waals surface area contributed by atoms with Crippen LogP contribution in [0.5, 0.6) is 5.75 Å². The van der Waals surface area contributed by atoms with Crippen molar-refractivity contribution in [1.82, 2.24) is 0 Å². The number of hydrogen-bond acceptors (Lipinski definition) is 3. The monoisotopic (exact) mass is 239 g/mol. The smallest absolute Gasteiger partial charge is 0.308 e. The van der Waals surface area contributed by atoms with Gasteiger partial charge in [0.1, 0.15) is 5.75 Å². The predicted octanol–water partition coefficient (Wildman–Crippen LogP) is 3.11. The molecule has 1 aromatic carbocycles. The van der Waals surface area contributed by atoms with E-state index in [4.69, 9.17) is 10.00 Å². The van der Waals surface area contributed by atoms with Gasteiger partial charge in [0, 0.05) is 18.4 Å². The highest BCUT2D eigenvalue weighted by Gasteiger charge is 2.11. The van der Waals surface area contributed by atoms with Gasteiger partial charge >= 0.3 is 5.97 Å². The van der Waals surface area contributed by atoms with Gasteiger partial charge in [0.15, 0.2) is 0 Å². The Kier molecular flexibility index (Phi) is 3.59. The maximum atomic E-state index is 10.8. The van der Waals surface area contributed by atoms with Crippen molar-refractivity contribution in [2.75, 3.05) is 0 Å². The molecule has 0 spiro atoms. The average Bonchev–Trinajstić information content (AvgIpc) is 2.39. The molecule has 1 unspecified atom stereocenters. The molecule has 3 nitrogen and oxygen atoms in total. The largest absolute Gasteiger partial charge is 0.427 e. The Hall–Kier alpha value is -2.34. The second kappa shape index (κ2) is 5.33. The first-order valence-electron chi connectivity index (χ1n) is 5.76. The average molecular weight is 239 g/mol. The summed E-state index contributed by atoms with van der Waals surface area (Å²) in [6.07, 6.45) is 6.63. The van der Waals surface area contributed by atoms with Crippen molar-refractivity contribution in [1.29, 1.82) is 5.26 Å². The van der Waals surface area contributed by atoms with Gasteiger partial charge in [-0.15, -0.1) is 0 Å². The van der Waals surface area contributed by atoms with Crippen LogP contribution in [0.3, 0.4) is 0 Å². The van der Waals surface area contributed by atoms with E-state index in [2.05, 4.69) is 6.07 Å². The van der Waals surface area contributed by atoms with Gasteiger partial charge in [0.25, 0.3) is 0 Å². The van der Waals surface area contributed by atoms with E-state index >= 15 is 0 Å². The van der Waals surface area contributed by atoms with Gasteiger partial charge in [-0.05, 0) is 30.2 Å². The second-order valence-corrected chi connectivity index (χ2v) is 4.14. The highest BCUT2D eigenvalue weighted by Crippen LogP contribution is 2.27. The fraction of sp³-hybridized carbons (Fsp3) is 0.200. The molecule has 0 saturated carbocycles. The fourth-order valence-corrected chi connectivity index (χ4v) is 1.90. The Morgan fingerprint density at radius 1 is 1.39 bits per heavy atom. The minimum atomic E-state index is -0.318. The van der Waals surface area contributed by atoms with Gasteiger partial charge < -0.3 is 4.74 Å². The van der Waals surface area contributed by atoms with Crippen molar-refractivity contribution in [3.05, 3.63) is 53.6 Å². The molecule has 90 valence electrons. The van der Waals surface area contributed by atoms with Crippen LogP contribution in [0.25, 0.3) is 0 Å². The molecule has 0 saturated heterocycles. The zero-order chi connectivity index (χ0) is 13.0. The molecule has 0 bridgehead atoms. The first-order valence-corrected chi connectivity index (χ1v) is 5.76. The van der Waals surface area contributed by atoms with E-state index in [-0.39, 0.29) is 11.9 Å². The molecular weight excluding hydrogens is 226 g/mol. The van der Waals surface area contributed by atoms with Gasteiger partial charge in [-0.25, -0.2) is 0 Å². The minimum Gasteiger partial charge on any atom is -0.427 e. The third kappa shape index (κ3) is 2.86. The van der Waals surface area contributed by atoms with Crippen LogP contribution in [-0.4, -0.2) is 5.97 Å². The lowest BCUT2D eigenvalue weighted by Crippen LogP contribution is -2.02. The summed E-state index contributed by atoms with van der Waals surface area (Å²) >= 11 is 0. The molecule has 0 heterocycles. The van der Waals surface area contributed by atoms with Crippen LogP contribution >= 0.6 is 0 Å². The fourth-order valence-electron chi connectivity index (χ4n) is 1.90. The summed E-state index contributed by atoms with van der Waals surface area (Å²) in [5.74, 6) is 0.523. The normalized spacial score (nSPS) is 17.8. The maximum absolute atomic E-state index is 10.8. The van der Waals surface area contributed by atoms with Crippen LogP contribution in [0, 0.1) is 11.3 Å². The lowest BCUT2D eigenvalue weighted by Gasteiger charge is -2.14. The lowest BCUT2D eigenvalue weighted by atomic mass is 9.90. The summed E-state index contributed by atoms with van der Waals surface area (Å²) in [4.78, 5) is 10.8. The Morgan fingerprint density at radius 2 is 2.11 bits per heavy atom. The summed E-state index contributed by atoms with van der Waals surface area (Å²) in [5.41, 5.74) is 1.86. The molecular formula is C15H13NO2. The number of benzene rings is 1. The zero-order valence-electron chi connectivity index (χ0n) is 10.1. The quantitative estimate of drug-likeness (QED) is 0.588. The number of hydrogen-bond donors (Lipinski definition) is 0. The molecule has 0 amide bonds. The van der Waals surface area contributed by atoms with Gasteiger partial charge in [0.2, 0.25) is 0 Å². The minimum absolute atomic E-state index is 0.286. The molecule has 3 heteroatoms. The molecule has 0 N–H and O–H groups in total. The topological polar surface area (TPSA) is 50.1 Å². The van der Waals surface area contributed by atoms with E-state index in [9.17, 15) is 4.79 Å². The number of nitriles is 1. The number of allylic oxidation sites excluding steroid dienone is 4. The highest BCUT2D eigenvalue weighted by atomic mass is 16.5. The summed E-state index contributed by atoms with van der Waals surface area (Å²) in [5, 5.41) is 8.75. The van der Waals surface area contributed by atoms with Crippen LogP contribution in [-0.2, 0) is 4.79 Å².